The second-order valence-electron chi connectivity index (χ2n) is 3.96. The van der Waals surface area contributed by atoms with Crippen molar-refractivity contribution >= 4 is 16.7 Å². The lowest BCUT2D eigenvalue weighted by Crippen LogP contribution is -2.02. The monoisotopic (exact) mass is 187 g/mol. The normalized spacial score (nSPS) is 16.0. The van der Waals surface area contributed by atoms with Gasteiger partial charge in [0.15, 0.2) is 0 Å². The third-order valence-corrected chi connectivity index (χ3v) is 2.71. The number of hydrogen-bond acceptors (Lipinski definition) is 2. The molecule has 0 atom stereocenters. The molecular weight excluding hydrogens is 174 g/mol. The van der Waals surface area contributed by atoms with Crippen LogP contribution in [0.4, 0.5) is 5.69 Å². The molecule has 0 unspecified atom stereocenters. The zero-order valence-electron chi connectivity index (χ0n) is 7.96. The maximum absolute atomic E-state index is 4.18. The van der Waals surface area contributed by atoms with Gasteiger partial charge >= 0.3 is 0 Å². The molecule has 3 rings (SSSR count). The van der Waals surface area contributed by atoms with Crippen molar-refractivity contribution in [1.82, 2.24) is 9.97 Å². The molecule has 1 aliphatic carbocycles. The lowest BCUT2D eigenvalue weighted by molar-refractivity contribution is 0.889. The molecule has 1 heterocycles. The molecule has 1 aromatic carbocycles. The molecule has 2 N–H and O–H groups in total. The molecule has 0 bridgehead atoms. The largest absolute Gasteiger partial charge is 0.385 e. The quantitative estimate of drug-likeness (QED) is 0.774. The fourth-order valence-corrected chi connectivity index (χ4v) is 1.63. The topological polar surface area (TPSA) is 40.7 Å². The first-order chi connectivity index (χ1) is 6.92. The van der Waals surface area contributed by atoms with Gasteiger partial charge in [0.2, 0.25) is 0 Å². The molecule has 0 amide bonds. The summed E-state index contributed by atoms with van der Waals surface area (Å²) in [6.07, 6.45) is 4.51. The van der Waals surface area contributed by atoms with Gasteiger partial charge in [-0.05, 0) is 37.0 Å². The van der Waals surface area contributed by atoms with E-state index >= 15 is 0 Å². The summed E-state index contributed by atoms with van der Waals surface area (Å²) in [6, 6.07) is 6.25. The van der Waals surface area contributed by atoms with Crippen LogP contribution in [-0.2, 0) is 0 Å². The first-order valence-corrected chi connectivity index (χ1v) is 5.09. The van der Waals surface area contributed by atoms with Crippen molar-refractivity contribution in [3.63, 3.8) is 0 Å². The number of anilines is 1. The van der Waals surface area contributed by atoms with Crippen molar-refractivity contribution in [1.29, 1.82) is 0 Å². The van der Waals surface area contributed by atoms with Gasteiger partial charge in [-0.1, -0.05) is 0 Å². The maximum atomic E-state index is 4.18. The Labute approximate surface area is 82.5 Å². The average Bonchev–Trinajstić information content (AvgIpc) is 2.92. The third kappa shape index (κ3) is 1.45. The lowest BCUT2D eigenvalue weighted by atomic mass is 10.2. The molecule has 0 radical (unpaired) electrons. The van der Waals surface area contributed by atoms with Crippen LogP contribution in [0.2, 0.25) is 0 Å². The molecule has 1 aromatic heterocycles. The molecule has 0 saturated heterocycles. The molecule has 2 aromatic rings. The van der Waals surface area contributed by atoms with Gasteiger partial charge in [0, 0.05) is 12.2 Å². The highest BCUT2D eigenvalue weighted by Gasteiger charge is 2.20. The van der Waals surface area contributed by atoms with Gasteiger partial charge in [-0.2, -0.15) is 0 Å². The van der Waals surface area contributed by atoms with Crippen molar-refractivity contribution < 1.29 is 0 Å². The van der Waals surface area contributed by atoms with E-state index in [2.05, 4.69) is 27.4 Å². The maximum Gasteiger partial charge on any atom is 0.0931 e. The summed E-state index contributed by atoms with van der Waals surface area (Å²) in [5.41, 5.74) is 3.32. The number of nitrogens with zero attached hydrogens (tertiary/aromatic N) is 1. The summed E-state index contributed by atoms with van der Waals surface area (Å²) < 4.78 is 0. The standard InChI is InChI=1S/C11H13N3/c1-2-8(1)6-12-9-3-4-10-11(5-9)14-7-13-10/h3-5,7-8,12H,1-2,6H2,(H,13,14). The average molecular weight is 187 g/mol. The van der Waals surface area contributed by atoms with Gasteiger partial charge in [0.25, 0.3) is 0 Å². The van der Waals surface area contributed by atoms with Crippen LogP contribution in [0.25, 0.3) is 11.0 Å². The first-order valence-electron chi connectivity index (χ1n) is 5.09. The summed E-state index contributed by atoms with van der Waals surface area (Å²) in [5.74, 6) is 0.910. The minimum atomic E-state index is 0.910. The van der Waals surface area contributed by atoms with Gasteiger partial charge in [0.05, 0.1) is 17.4 Å². The zero-order valence-corrected chi connectivity index (χ0v) is 7.96. The molecule has 1 aliphatic rings. The number of aromatic amines is 1. The fraction of sp³-hybridized carbons (Fsp3) is 0.364. The van der Waals surface area contributed by atoms with E-state index in [1.807, 2.05) is 6.07 Å². The molecule has 14 heavy (non-hydrogen) atoms. The van der Waals surface area contributed by atoms with Gasteiger partial charge < -0.3 is 10.3 Å². The van der Waals surface area contributed by atoms with Crippen LogP contribution in [0.3, 0.4) is 0 Å². The van der Waals surface area contributed by atoms with Crippen LogP contribution in [0.1, 0.15) is 12.8 Å². The van der Waals surface area contributed by atoms with Gasteiger partial charge in [-0.15, -0.1) is 0 Å². The number of rotatable bonds is 3. The lowest BCUT2D eigenvalue weighted by Gasteiger charge is -2.04. The summed E-state index contributed by atoms with van der Waals surface area (Å²) in [7, 11) is 0. The van der Waals surface area contributed by atoms with Crippen molar-refractivity contribution in [3.05, 3.63) is 24.5 Å². The zero-order chi connectivity index (χ0) is 9.38. The number of nitrogens with one attached hydrogen (secondary N) is 2. The van der Waals surface area contributed by atoms with Crippen molar-refractivity contribution in [2.75, 3.05) is 11.9 Å². The minimum absolute atomic E-state index is 0.910. The van der Waals surface area contributed by atoms with Crippen molar-refractivity contribution in [2.45, 2.75) is 12.8 Å². The predicted octanol–water partition coefficient (Wildman–Crippen LogP) is 2.38. The summed E-state index contributed by atoms with van der Waals surface area (Å²) in [4.78, 5) is 7.30. The van der Waals surface area contributed by atoms with Gasteiger partial charge in [0.1, 0.15) is 0 Å². The molecule has 3 heteroatoms. The molecule has 1 saturated carbocycles. The first kappa shape index (κ1) is 7.85. The Bertz CT molecular complexity index is 442. The van der Waals surface area contributed by atoms with E-state index in [9.17, 15) is 0 Å². The van der Waals surface area contributed by atoms with Gasteiger partial charge in [-0.25, -0.2) is 4.98 Å². The predicted molar refractivity (Wildman–Crippen MR) is 57.3 cm³/mol. The van der Waals surface area contributed by atoms with Crippen LogP contribution >= 0.6 is 0 Å². The second kappa shape index (κ2) is 3.01. The highest BCUT2D eigenvalue weighted by molar-refractivity contribution is 5.78. The summed E-state index contributed by atoms with van der Waals surface area (Å²) >= 11 is 0. The molecule has 3 nitrogen and oxygen atoms in total. The number of aromatic nitrogens is 2. The van der Waals surface area contributed by atoms with E-state index in [-0.39, 0.29) is 0 Å². The number of benzene rings is 1. The fourth-order valence-electron chi connectivity index (χ4n) is 1.63. The van der Waals surface area contributed by atoms with Crippen LogP contribution in [-0.4, -0.2) is 16.5 Å². The SMILES string of the molecule is c1nc2ccc(NCC3CC3)cc2[nH]1. The Morgan fingerprint density at radius 2 is 2.36 bits per heavy atom. The van der Waals surface area contributed by atoms with E-state index in [0.717, 1.165) is 23.5 Å². The van der Waals surface area contributed by atoms with Crippen LogP contribution < -0.4 is 5.32 Å². The van der Waals surface area contributed by atoms with E-state index in [1.54, 1.807) is 6.33 Å². The van der Waals surface area contributed by atoms with E-state index in [1.165, 1.54) is 18.5 Å². The van der Waals surface area contributed by atoms with Crippen molar-refractivity contribution in [3.8, 4) is 0 Å². The molecule has 0 aliphatic heterocycles. The Morgan fingerprint density at radius 3 is 3.21 bits per heavy atom. The molecule has 72 valence electrons. The Balaban J connectivity index is 1.81. The number of hydrogen-bond donors (Lipinski definition) is 2. The molecule has 1 fully saturated rings. The smallest absolute Gasteiger partial charge is 0.0931 e. The highest BCUT2D eigenvalue weighted by atomic mass is 14.9. The second-order valence-corrected chi connectivity index (χ2v) is 3.96. The van der Waals surface area contributed by atoms with E-state index in [4.69, 9.17) is 0 Å². The van der Waals surface area contributed by atoms with Crippen LogP contribution in [0.15, 0.2) is 24.5 Å². The Hall–Kier alpha value is -1.51. The van der Waals surface area contributed by atoms with E-state index < -0.39 is 0 Å². The molecule has 0 spiro atoms. The highest BCUT2D eigenvalue weighted by Crippen LogP contribution is 2.29. The minimum Gasteiger partial charge on any atom is -0.385 e. The number of H-pyrrole nitrogens is 1. The van der Waals surface area contributed by atoms with E-state index in [0.29, 0.717) is 0 Å². The molecular formula is C11H13N3. The number of imidazole rings is 1. The van der Waals surface area contributed by atoms with Crippen LogP contribution in [0.5, 0.6) is 0 Å². The summed E-state index contributed by atoms with van der Waals surface area (Å²) in [6.45, 7) is 1.11. The Kier molecular flexibility index (Phi) is 1.69. The van der Waals surface area contributed by atoms with Crippen molar-refractivity contribution in [2.24, 2.45) is 5.92 Å². The van der Waals surface area contributed by atoms with Gasteiger partial charge in [-0.3, -0.25) is 0 Å². The number of fused-ring (bicyclic) bond motifs is 1. The van der Waals surface area contributed by atoms with Crippen LogP contribution in [0, 0.1) is 5.92 Å². The summed E-state index contributed by atoms with van der Waals surface area (Å²) in [5, 5.41) is 3.44. The Morgan fingerprint density at radius 1 is 1.43 bits per heavy atom. The third-order valence-electron chi connectivity index (χ3n) is 2.71.